The van der Waals surface area contributed by atoms with E-state index in [-0.39, 0.29) is 18.7 Å². The minimum absolute atomic E-state index is 0.205. The number of nitrogens with two attached hydrogens (primary N) is 1. The molecule has 4 aromatic rings. The Bertz CT molecular complexity index is 1660. The summed E-state index contributed by atoms with van der Waals surface area (Å²) in [7, 11) is 2.91. The number of likely N-dealkylation sites (tertiary alicyclic amines) is 1. The van der Waals surface area contributed by atoms with Crippen molar-refractivity contribution in [2.24, 2.45) is 5.92 Å². The lowest BCUT2D eigenvalue weighted by Crippen LogP contribution is -2.46. The van der Waals surface area contributed by atoms with Gasteiger partial charge < -0.3 is 25.6 Å². The first kappa shape index (κ1) is 33.0. The van der Waals surface area contributed by atoms with Crippen molar-refractivity contribution < 1.29 is 14.3 Å². The van der Waals surface area contributed by atoms with Gasteiger partial charge in [-0.1, -0.05) is 32.6 Å². The van der Waals surface area contributed by atoms with E-state index in [1.54, 1.807) is 27.1 Å². The van der Waals surface area contributed by atoms with E-state index in [0.29, 0.717) is 35.6 Å². The number of anilines is 2. The number of carbonyl (C=O) groups is 2. The van der Waals surface area contributed by atoms with Gasteiger partial charge in [0.05, 0.1) is 50.3 Å². The van der Waals surface area contributed by atoms with Crippen LogP contribution < -0.4 is 11.1 Å². The van der Waals surface area contributed by atoms with Crippen molar-refractivity contribution in [1.82, 2.24) is 29.5 Å². The molecular formula is C32H46N8O3SSi. The Hall–Kier alpha value is -3.39. The highest BCUT2D eigenvalue weighted by Crippen LogP contribution is 2.36. The van der Waals surface area contributed by atoms with Crippen LogP contribution in [0.1, 0.15) is 42.8 Å². The average Bonchev–Trinajstić information content (AvgIpc) is 3.60. The first-order valence-corrected chi connectivity index (χ1v) is 20.3. The SMILES string of the molecule is C[C@H]1CC[C@H](c2ccc3sc(CCCN(C)C)nc3c2)N(C(=O)C(=O)Nc2cnc(N)c3cnn(COCC[Si](C)(C)C)c23)C1. The fourth-order valence-electron chi connectivity index (χ4n) is 5.72. The van der Waals surface area contributed by atoms with Gasteiger partial charge in [0.1, 0.15) is 12.5 Å². The van der Waals surface area contributed by atoms with E-state index < -0.39 is 19.9 Å². The summed E-state index contributed by atoms with van der Waals surface area (Å²) >= 11 is 1.73. The monoisotopic (exact) mass is 650 g/mol. The van der Waals surface area contributed by atoms with Gasteiger partial charge in [0.25, 0.3) is 0 Å². The van der Waals surface area contributed by atoms with Crippen LogP contribution in [0.2, 0.25) is 25.7 Å². The standard InChI is InChI=1S/C32H46N8O3SSi/c1-21-9-11-26(22-10-12-27-24(16-22)36-28(44-27)8-7-13-38(2)3)39(19-21)32(42)31(41)37-25-18-34-30(33)23-17-35-40(29(23)25)20-43-14-15-45(4,5)6/h10,12,16-18,21,26H,7-9,11,13-15,19-20H2,1-6H3,(H2,33,34)(H,37,41)/t21-,26+/m0/s1. The summed E-state index contributed by atoms with van der Waals surface area (Å²) in [5, 5.41) is 8.98. The highest BCUT2D eigenvalue weighted by Gasteiger charge is 2.35. The van der Waals surface area contributed by atoms with E-state index in [2.05, 4.69) is 79.2 Å². The molecule has 4 heterocycles. The zero-order valence-electron chi connectivity index (χ0n) is 27.3. The topological polar surface area (TPSA) is 132 Å². The molecule has 3 N–H and O–H groups in total. The van der Waals surface area contributed by atoms with Gasteiger partial charge >= 0.3 is 11.8 Å². The Morgan fingerprint density at radius 1 is 1.20 bits per heavy atom. The first-order valence-electron chi connectivity index (χ1n) is 15.7. The maximum absolute atomic E-state index is 13.8. The highest BCUT2D eigenvalue weighted by atomic mass is 32.1. The highest BCUT2D eigenvalue weighted by molar-refractivity contribution is 7.18. The van der Waals surface area contributed by atoms with Crippen LogP contribution in [0.4, 0.5) is 11.5 Å². The van der Waals surface area contributed by atoms with E-state index in [1.165, 1.54) is 6.20 Å². The minimum Gasteiger partial charge on any atom is -0.383 e. The largest absolute Gasteiger partial charge is 0.383 e. The molecule has 0 aliphatic carbocycles. The lowest BCUT2D eigenvalue weighted by molar-refractivity contribution is -0.146. The van der Waals surface area contributed by atoms with Crippen LogP contribution in [0.3, 0.4) is 0 Å². The normalized spacial score (nSPS) is 17.4. The van der Waals surface area contributed by atoms with Gasteiger partial charge in [-0.05, 0) is 69.6 Å². The number of pyridine rings is 1. The van der Waals surface area contributed by atoms with Crippen LogP contribution in [0.5, 0.6) is 0 Å². The van der Waals surface area contributed by atoms with Crippen LogP contribution in [-0.2, 0) is 27.5 Å². The second kappa shape index (κ2) is 13.9. The van der Waals surface area contributed by atoms with Crippen molar-refractivity contribution in [2.75, 3.05) is 44.8 Å². The number of hydrogen-bond acceptors (Lipinski definition) is 9. The summed E-state index contributed by atoms with van der Waals surface area (Å²) in [5.74, 6) is -0.709. The van der Waals surface area contributed by atoms with Gasteiger partial charge in [-0.15, -0.1) is 11.3 Å². The zero-order valence-corrected chi connectivity index (χ0v) is 29.1. The van der Waals surface area contributed by atoms with E-state index in [4.69, 9.17) is 15.5 Å². The maximum Gasteiger partial charge on any atom is 0.314 e. The number of hydrogen-bond donors (Lipinski definition) is 2. The number of ether oxygens (including phenoxy) is 1. The quantitative estimate of drug-likeness (QED) is 0.126. The summed E-state index contributed by atoms with van der Waals surface area (Å²) in [4.78, 5) is 40.4. The molecular weight excluding hydrogens is 605 g/mol. The van der Waals surface area contributed by atoms with Crippen molar-refractivity contribution in [3.8, 4) is 0 Å². The molecule has 0 spiro atoms. The third kappa shape index (κ3) is 8.07. The second-order valence-corrected chi connectivity index (χ2v) is 20.4. The molecule has 0 unspecified atom stereocenters. The van der Waals surface area contributed by atoms with Gasteiger partial charge in [-0.25, -0.2) is 14.6 Å². The maximum atomic E-state index is 13.8. The number of rotatable bonds is 11. The van der Waals surface area contributed by atoms with Crippen LogP contribution in [-0.4, -0.2) is 83.2 Å². The van der Waals surface area contributed by atoms with E-state index >= 15 is 0 Å². The number of aromatic nitrogens is 4. The van der Waals surface area contributed by atoms with Crippen molar-refractivity contribution >= 4 is 63.8 Å². The molecule has 2 atom stereocenters. The Morgan fingerprint density at radius 3 is 2.76 bits per heavy atom. The number of benzene rings is 1. The Labute approximate surface area is 270 Å². The number of amides is 2. The number of nitrogen functional groups attached to an aromatic ring is 1. The Balaban J connectivity index is 1.33. The summed E-state index contributed by atoms with van der Waals surface area (Å²) < 4.78 is 8.71. The molecule has 2 amide bonds. The van der Waals surface area contributed by atoms with Gasteiger partial charge in [-0.2, -0.15) is 5.10 Å². The zero-order chi connectivity index (χ0) is 32.3. The van der Waals surface area contributed by atoms with Crippen LogP contribution in [0.25, 0.3) is 21.1 Å². The van der Waals surface area contributed by atoms with Gasteiger partial charge in [0.2, 0.25) is 0 Å². The average molecular weight is 651 g/mol. The minimum atomic E-state index is -1.25. The molecule has 1 aliphatic rings. The molecule has 1 fully saturated rings. The smallest absolute Gasteiger partial charge is 0.314 e. The lowest BCUT2D eigenvalue weighted by atomic mass is 9.89. The number of carbonyl (C=O) groups excluding carboxylic acids is 2. The fourth-order valence-corrected chi connectivity index (χ4v) is 7.47. The molecule has 1 saturated heterocycles. The molecule has 45 heavy (non-hydrogen) atoms. The summed E-state index contributed by atoms with van der Waals surface area (Å²) in [5.41, 5.74) is 9.04. The molecule has 1 aliphatic heterocycles. The lowest BCUT2D eigenvalue weighted by Gasteiger charge is -2.38. The number of aryl methyl sites for hydroxylation is 1. The van der Waals surface area contributed by atoms with Gasteiger partial charge in [0.15, 0.2) is 0 Å². The molecule has 0 saturated carbocycles. The number of piperidine rings is 1. The summed E-state index contributed by atoms with van der Waals surface area (Å²) in [6.45, 7) is 11.4. The summed E-state index contributed by atoms with van der Waals surface area (Å²) in [6, 6.07) is 7.09. The Morgan fingerprint density at radius 2 is 2.00 bits per heavy atom. The molecule has 13 heteroatoms. The fraction of sp³-hybridized carbons (Fsp3) is 0.531. The number of fused-ring (bicyclic) bond motifs is 2. The predicted octanol–water partition coefficient (Wildman–Crippen LogP) is 5.37. The molecule has 242 valence electrons. The van der Waals surface area contributed by atoms with Crippen molar-refractivity contribution in [3.63, 3.8) is 0 Å². The number of thiazole rings is 1. The second-order valence-electron chi connectivity index (χ2n) is 13.7. The number of nitrogens with one attached hydrogen (secondary N) is 1. The third-order valence-electron chi connectivity index (χ3n) is 8.27. The molecule has 0 radical (unpaired) electrons. The van der Waals surface area contributed by atoms with E-state index in [1.807, 2.05) is 0 Å². The molecule has 0 bridgehead atoms. The van der Waals surface area contributed by atoms with E-state index in [9.17, 15) is 9.59 Å². The number of nitrogens with zero attached hydrogens (tertiary/aromatic N) is 6. The molecule has 1 aromatic carbocycles. The van der Waals surface area contributed by atoms with Crippen molar-refractivity contribution in [3.05, 3.63) is 41.2 Å². The van der Waals surface area contributed by atoms with E-state index in [0.717, 1.165) is 59.1 Å². The third-order valence-corrected chi connectivity index (χ3v) is 11.1. The van der Waals surface area contributed by atoms with Crippen molar-refractivity contribution in [1.29, 1.82) is 0 Å². The molecule has 3 aromatic heterocycles. The predicted molar refractivity (Wildman–Crippen MR) is 184 cm³/mol. The molecule has 11 nitrogen and oxygen atoms in total. The van der Waals surface area contributed by atoms with Crippen LogP contribution in [0, 0.1) is 5.92 Å². The van der Waals surface area contributed by atoms with Gasteiger partial charge in [0, 0.05) is 27.6 Å². The summed E-state index contributed by atoms with van der Waals surface area (Å²) in [6.07, 6.45) is 6.84. The van der Waals surface area contributed by atoms with Gasteiger partial charge in [-0.3, -0.25) is 9.59 Å². The van der Waals surface area contributed by atoms with Crippen molar-refractivity contribution in [2.45, 2.75) is 71.1 Å². The van der Waals surface area contributed by atoms with Crippen LogP contribution in [0.15, 0.2) is 30.6 Å². The first-order chi connectivity index (χ1) is 21.4. The Kier molecular flexibility index (Phi) is 10.2. The van der Waals surface area contributed by atoms with Crippen LogP contribution >= 0.6 is 11.3 Å². The molecule has 5 rings (SSSR count).